The Hall–Kier alpha value is -0.0400. The predicted molar refractivity (Wildman–Crippen MR) is 38.8 cm³/mol. The van der Waals surface area contributed by atoms with Gasteiger partial charge in [0.1, 0.15) is 0 Å². The van der Waals surface area contributed by atoms with Crippen molar-refractivity contribution in [2.24, 2.45) is 5.92 Å². The summed E-state index contributed by atoms with van der Waals surface area (Å²) in [5.41, 5.74) is 0.457. The second-order valence-corrected chi connectivity index (χ2v) is 4.08. The summed E-state index contributed by atoms with van der Waals surface area (Å²) in [5.74, 6) is 0.964. The maximum Gasteiger partial charge on any atom is 0.0976 e. The molecule has 0 unspecified atom stereocenters. The molecule has 0 radical (unpaired) electrons. The first-order valence-corrected chi connectivity index (χ1v) is 4.60. The smallest absolute Gasteiger partial charge is 0.0976 e. The largest absolute Gasteiger partial charge is 0.366 e. The van der Waals surface area contributed by atoms with Crippen molar-refractivity contribution in [3.63, 3.8) is 0 Å². The SMILES string of the molecule is C1CC[C@]23O[C@H]2CC[C@H]3C1. The molecule has 3 rings (SSSR count). The number of hydrogen-bond donors (Lipinski definition) is 0. The summed E-state index contributed by atoms with van der Waals surface area (Å²) in [4.78, 5) is 0. The molecule has 3 atom stereocenters. The molecule has 0 bridgehead atoms. The van der Waals surface area contributed by atoms with Crippen molar-refractivity contribution < 1.29 is 4.74 Å². The van der Waals surface area contributed by atoms with E-state index in [2.05, 4.69) is 0 Å². The van der Waals surface area contributed by atoms with Crippen LogP contribution in [0.4, 0.5) is 0 Å². The normalized spacial score (nSPS) is 57.6. The average Bonchev–Trinajstić information content (AvgIpc) is 2.55. The van der Waals surface area contributed by atoms with Crippen molar-refractivity contribution in [3.8, 4) is 0 Å². The number of hydrogen-bond acceptors (Lipinski definition) is 1. The van der Waals surface area contributed by atoms with Gasteiger partial charge in [-0.2, -0.15) is 0 Å². The lowest BCUT2D eigenvalue weighted by atomic mass is 9.81. The molecule has 1 nitrogen and oxygen atoms in total. The Balaban J connectivity index is 1.89. The van der Waals surface area contributed by atoms with Gasteiger partial charge < -0.3 is 4.74 Å². The van der Waals surface area contributed by atoms with Gasteiger partial charge in [-0.15, -0.1) is 0 Å². The van der Waals surface area contributed by atoms with Crippen molar-refractivity contribution >= 4 is 0 Å². The highest BCUT2D eigenvalue weighted by Gasteiger charge is 2.64. The summed E-state index contributed by atoms with van der Waals surface area (Å²) in [6, 6.07) is 0. The summed E-state index contributed by atoms with van der Waals surface area (Å²) < 4.78 is 5.74. The highest BCUT2D eigenvalue weighted by atomic mass is 16.6. The molecule has 0 aromatic heterocycles. The number of epoxide rings is 1. The second-order valence-electron chi connectivity index (χ2n) is 4.08. The molecule has 1 saturated heterocycles. The van der Waals surface area contributed by atoms with E-state index in [1.807, 2.05) is 0 Å². The maximum atomic E-state index is 5.74. The van der Waals surface area contributed by atoms with Gasteiger partial charge in [0.15, 0.2) is 0 Å². The first kappa shape index (κ1) is 5.59. The lowest BCUT2D eigenvalue weighted by Crippen LogP contribution is -2.25. The van der Waals surface area contributed by atoms with Gasteiger partial charge in [-0.05, 0) is 31.6 Å². The van der Waals surface area contributed by atoms with E-state index in [4.69, 9.17) is 4.74 Å². The molecule has 3 aliphatic rings. The van der Waals surface area contributed by atoms with Crippen molar-refractivity contribution in [1.82, 2.24) is 0 Å². The molecule has 56 valence electrons. The lowest BCUT2D eigenvalue weighted by molar-refractivity contribution is 0.141. The minimum absolute atomic E-state index is 0.457. The van der Waals surface area contributed by atoms with E-state index in [-0.39, 0.29) is 0 Å². The molecule has 0 aromatic rings. The Bertz CT molecular complexity index is 166. The monoisotopic (exact) mass is 138 g/mol. The summed E-state index contributed by atoms with van der Waals surface area (Å²) in [5, 5.41) is 0. The molecular formula is C9H14O. The Morgan fingerprint density at radius 3 is 2.90 bits per heavy atom. The Morgan fingerprint density at radius 1 is 1.10 bits per heavy atom. The fourth-order valence-corrected chi connectivity index (χ4v) is 3.09. The van der Waals surface area contributed by atoms with Crippen LogP contribution in [0.15, 0.2) is 0 Å². The van der Waals surface area contributed by atoms with Crippen LogP contribution in [0.2, 0.25) is 0 Å². The van der Waals surface area contributed by atoms with Crippen LogP contribution in [0, 0.1) is 5.92 Å². The molecule has 3 fully saturated rings. The van der Waals surface area contributed by atoms with Crippen LogP contribution in [-0.4, -0.2) is 11.7 Å². The molecule has 0 N–H and O–H groups in total. The zero-order valence-corrected chi connectivity index (χ0v) is 6.31. The highest BCUT2D eigenvalue weighted by Crippen LogP contribution is 2.59. The third kappa shape index (κ3) is 0.493. The lowest BCUT2D eigenvalue weighted by Gasteiger charge is -2.25. The van der Waals surface area contributed by atoms with Gasteiger partial charge in [-0.3, -0.25) is 0 Å². The topological polar surface area (TPSA) is 12.5 Å². The molecule has 1 aliphatic heterocycles. The van der Waals surface area contributed by atoms with Crippen molar-refractivity contribution in [1.29, 1.82) is 0 Å². The molecule has 10 heavy (non-hydrogen) atoms. The van der Waals surface area contributed by atoms with Gasteiger partial charge in [0, 0.05) is 0 Å². The summed E-state index contributed by atoms with van der Waals surface area (Å²) in [6.45, 7) is 0. The fraction of sp³-hybridized carbons (Fsp3) is 1.00. The molecule has 2 saturated carbocycles. The average molecular weight is 138 g/mol. The Morgan fingerprint density at radius 2 is 2.10 bits per heavy atom. The van der Waals surface area contributed by atoms with Gasteiger partial charge >= 0.3 is 0 Å². The quantitative estimate of drug-likeness (QED) is 0.467. The van der Waals surface area contributed by atoms with E-state index in [9.17, 15) is 0 Å². The molecule has 0 amide bonds. The summed E-state index contributed by atoms with van der Waals surface area (Å²) >= 11 is 0. The first-order chi connectivity index (χ1) is 4.92. The van der Waals surface area contributed by atoms with Gasteiger partial charge in [-0.25, -0.2) is 0 Å². The van der Waals surface area contributed by atoms with Gasteiger partial charge in [0.05, 0.1) is 11.7 Å². The van der Waals surface area contributed by atoms with Gasteiger partial charge in [-0.1, -0.05) is 12.8 Å². The third-order valence-electron chi connectivity index (χ3n) is 3.69. The van der Waals surface area contributed by atoms with E-state index in [1.54, 1.807) is 0 Å². The minimum Gasteiger partial charge on any atom is -0.366 e. The predicted octanol–water partition coefficient (Wildman–Crippen LogP) is 2.11. The van der Waals surface area contributed by atoms with Crippen LogP contribution in [0.25, 0.3) is 0 Å². The number of rotatable bonds is 0. The van der Waals surface area contributed by atoms with E-state index >= 15 is 0 Å². The van der Waals surface area contributed by atoms with E-state index in [0.717, 1.165) is 5.92 Å². The van der Waals surface area contributed by atoms with Crippen LogP contribution in [0.5, 0.6) is 0 Å². The van der Waals surface area contributed by atoms with Crippen molar-refractivity contribution in [2.75, 3.05) is 0 Å². The molecular weight excluding hydrogens is 124 g/mol. The van der Waals surface area contributed by atoms with Crippen LogP contribution in [0.1, 0.15) is 38.5 Å². The summed E-state index contributed by atoms with van der Waals surface area (Å²) in [6.07, 6.45) is 9.25. The fourth-order valence-electron chi connectivity index (χ4n) is 3.09. The third-order valence-corrected chi connectivity index (χ3v) is 3.69. The second kappa shape index (κ2) is 1.58. The van der Waals surface area contributed by atoms with E-state index in [1.165, 1.54) is 38.5 Å². The zero-order chi connectivity index (χ0) is 6.60. The van der Waals surface area contributed by atoms with Crippen LogP contribution in [0.3, 0.4) is 0 Å². The van der Waals surface area contributed by atoms with Crippen LogP contribution < -0.4 is 0 Å². The highest BCUT2D eigenvalue weighted by molar-refractivity contribution is 5.13. The minimum atomic E-state index is 0.457. The Labute approximate surface area is 61.8 Å². The summed E-state index contributed by atoms with van der Waals surface area (Å²) in [7, 11) is 0. The van der Waals surface area contributed by atoms with Gasteiger partial charge in [0.25, 0.3) is 0 Å². The first-order valence-electron chi connectivity index (χ1n) is 4.60. The Kier molecular flexibility index (Phi) is 0.883. The molecule has 1 spiro atoms. The molecule has 1 heteroatoms. The van der Waals surface area contributed by atoms with Crippen molar-refractivity contribution in [3.05, 3.63) is 0 Å². The maximum absolute atomic E-state index is 5.74. The van der Waals surface area contributed by atoms with Crippen molar-refractivity contribution in [2.45, 2.75) is 50.2 Å². The molecule has 0 aromatic carbocycles. The number of ether oxygens (including phenoxy) is 1. The van der Waals surface area contributed by atoms with Crippen LogP contribution in [-0.2, 0) is 4.74 Å². The van der Waals surface area contributed by atoms with E-state index < -0.39 is 0 Å². The zero-order valence-electron chi connectivity index (χ0n) is 6.31. The standard InChI is InChI=1S/C9H14O/c1-2-6-9-7(3-1)4-5-8(9)10-9/h7-8H,1-6H2/t7-,8+,9-/m1/s1. The molecule has 1 heterocycles. The van der Waals surface area contributed by atoms with Gasteiger partial charge in [0.2, 0.25) is 0 Å². The van der Waals surface area contributed by atoms with Crippen LogP contribution >= 0.6 is 0 Å². The molecule has 2 aliphatic carbocycles. The van der Waals surface area contributed by atoms with E-state index in [0.29, 0.717) is 11.7 Å².